The number of benzene rings is 2. The topological polar surface area (TPSA) is 40.5 Å². The summed E-state index contributed by atoms with van der Waals surface area (Å²) in [4.78, 5) is 0. The fraction of sp³-hybridized carbons (Fsp3) is 0.455. The van der Waals surface area contributed by atoms with E-state index in [-0.39, 0.29) is 11.8 Å². The lowest BCUT2D eigenvalue weighted by Crippen LogP contribution is -2.03. The van der Waals surface area contributed by atoms with Crippen molar-refractivity contribution < 1.29 is 10.2 Å². The van der Waals surface area contributed by atoms with Gasteiger partial charge in [0.2, 0.25) is 0 Å². The summed E-state index contributed by atoms with van der Waals surface area (Å²) in [5.74, 6) is 1.09. The highest BCUT2D eigenvalue weighted by atomic mass is 16.3. The van der Waals surface area contributed by atoms with Crippen LogP contribution in [0.2, 0.25) is 0 Å². The molecule has 0 heterocycles. The number of hydrogen-bond acceptors (Lipinski definition) is 2. The van der Waals surface area contributed by atoms with Gasteiger partial charge in [0.1, 0.15) is 11.5 Å². The molecule has 0 unspecified atom stereocenters. The second kappa shape index (κ2) is 6.51. The lowest BCUT2D eigenvalue weighted by atomic mass is 9.82. The Labute approximate surface area is 146 Å². The van der Waals surface area contributed by atoms with Gasteiger partial charge < -0.3 is 10.2 Å². The highest BCUT2D eigenvalue weighted by molar-refractivity contribution is 5.84. The normalized spacial score (nSPS) is 11.6. The summed E-state index contributed by atoms with van der Waals surface area (Å²) in [6.45, 7) is 16.4. The molecule has 0 atom stereocenters. The van der Waals surface area contributed by atoms with Gasteiger partial charge in [-0.1, -0.05) is 39.8 Å². The van der Waals surface area contributed by atoms with Crippen molar-refractivity contribution in [3.63, 3.8) is 0 Å². The summed E-state index contributed by atoms with van der Waals surface area (Å²) in [5, 5.41) is 21.9. The van der Waals surface area contributed by atoms with Gasteiger partial charge in [0.15, 0.2) is 0 Å². The van der Waals surface area contributed by atoms with Crippen molar-refractivity contribution in [2.45, 2.75) is 67.2 Å². The van der Waals surface area contributed by atoms with E-state index in [1.54, 1.807) is 0 Å². The van der Waals surface area contributed by atoms with Crippen LogP contribution in [0.15, 0.2) is 12.1 Å². The standard InChI is InChI=1S/C22H30O2/c1-11(2)17-9-13(5)15(7)21(23)19(17)20-18(12(3)4)10-14(6)16(8)22(20)24/h9-12,23-24H,1-8H3. The molecule has 0 spiro atoms. The minimum atomic E-state index is 0.256. The maximum Gasteiger partial charge on any atom is 0.127 e. The molecule has 0 saturated carbocycles. The Hall–Kier alpha value is -1.96. The third-order valence-corrected chi connectivity index (χ3v) is 5.18. The third-order valence-electron chi connectivity index (χ3n) is 5.18. The van der Waals surface area contributed by atoms with Gasteiger partial charge in [-0.3, -0.25) is 0 Å². The van der Waals surface area contributed by atoms with E-state index in [1.165, 1.54) is 0 Å². The van der Waals surface area contributed by atoms with Crippen LogP contribution >= 0.6 is 0 Å². The van der Waals surface area contributed by atoms with E-state index in [0.717, 1.165) is 44.5 Å². The van der Waals surface area contributed by atoms with Crippen molar-refractivity contribution in [3.8, 4) is 22.6 Å². The number of phenols is 2. The zero-order valence-corrected chi connectivity index (χ0v) is 16.2. The first kappa shape index (κ1) is 18.4. The summed E-state index contributed by atoms with van der Waals surface area (Å²) in [5.41, 5.74) is 7.65. The van der Waals surface area contributed by atoms with Gasteiger partial charge in [-0.15, -0.1) is 0 Å². The van der Waals surface area contributed by atoms with Gasteiger partial charge in [-0.05, 0) is 72.9 Å². The SMILES string of the molecule is Cc1cc(C(C)C)c(-c2c(C(C)C)cc(C)c(C)c2O)c(O)c1C. The van der Waals surface area contributed by atoms with Gasteiger partial charge in [-0.25, -0.2) is 0 Å². The number of phenolic OH excluding ortho intramolecular Hbond substituents is 2. The van der Waals surface area contributed by atoms with E-state index in [0.29, 0.717) is 11.5 Å². The first-order chi connectivity index (χ1) is 11.1. The maximum absolute atomic E-state index is 10.9. The number of aromatic hydroxyl groups is 2. The lowest BCUT2D eigenvalue weighted by molar-refractivity contribution is 0.462. The Morgan fingerprint density at radius 1 is 0.625 bits per heavy atom. The van der Waals surface area contributed by atoms with Crippen molar-refractivity contribution in [1.82, 2.24) is 0 Å². The second-order valence-corrected chi connectivity index (χ2v) is 7.57. The molecule has 2 aromatic carbocycles. The van der Waals surface area contributed by atoms with Crippen LogP contribution in [0, 0.1) is 27.7 Å². The van der Waals surface area contributed by atoms with Crippen LogP contribution in [0.25, 0.3) is 11.1 Å². The van der Waals surface area contributed by atoms with Crippen molar-refractivity contribution in [2.75, 3.05) is 0 Å². The fourth-order valence-corrected chi connectivity index (χ4v) is 3.29. The minimum absolute atomic E-state index is 0.256. The summed E-state index contributed by atoms with van der Waals surface area (Å²) in [7, 11) is 0. The average Bonchev–Trinajstić information content (AvgIpc) is 2.50. The molecule has 2 aromatic rings. The molecule has 0 fully saturated rings. The van der Waals surface area contributed by atoms with Gasteiger partial charge in [0, 0.05) is 11.1 Å². The van der Waals surface area contributed by atoms with Crippen molar-refractivity contribution in [3.05, 3.63) is 45.5 Å². The molecular weight excluding hydrogens is 296 g/mol. The van der Waals surface area contributed by atoms with E-state index >= 15 is 0 Å². The fourth-order valence-electron chi connectivity index (χ4n) is 3.29. The van der Waals surface area contributed by atoms with Crippen molar-refractivity contribution in [1.29, 1.82) is 0 Å². The average molecular weight is 326 g/mol. The monoisotopic (exact) mass is 326 g/mol. The molecule has 2 rings (SSSR count). The lowest BCUT2D eigenvalue weighted by Gasteiger charge is -2.24. The molecule has 2 nitrogen and oxygen atoms in total. The quantitative estimate of drug-likeness (QED) is 0.700. The number of aryl methyl sites for hydroxylation is 2. The summed E-state index contributed by atoms with van der Waals surface area (Å²) >= 11 is 0. The van der Waals surface area contributed by atoms with Crippen LogP contribution < -0.4 is 0 Å². The largest absolute Gasteiger partial charge is 0.507 e. The van der Waals surface area contributed by atoms with Crippen LogP contribution in [0.5, 0.6) is 11.5 Å². The van der Waals surface area contributed by atoms with Gasteiger partial charge in [0.25, 0.3) is 0 Å². The Morgan fingerprint density at radius 3 is 1.17 bits per heavy atom. The highest BCUT2D eigenvalue weighted by Gasteiger charge is 2.24. The molecule has 2 heteroatoms. The number of hydrogen-bond donors (Lipinski definition) is 2. The molecule has 0 bridgehead atoms. The van der Waals surface area contributed by atoms with E-state index in [4.69, 9.17) is 0 Å². The Balaban J connectivity index is 3.02. The van der Waals surface area contributed by atoms with Crippen LogP contribution in [0.3, 0.4) is 0 Å². The maximum atomic E-state index is 10.9. The summed E-state index contributed by atoms with van der Waals surface area (Å²) in [6, 6.07) is 4.29. The van der Waals surface area contributed by atoms with E-state index in [9.17, 15) is 10.2 Å². The first-order valence-electron chi connectivity index (χ1n) is 8.74. The predicted octanol–water partition coefficient (Wildman–Crippen LogP) is 6.25. The zero-order chi connectivity index (χ0) is 18.3. The van der Waals surface area contributed by atoms with Crippen LogP contribution in [0.1, 0.15) is 72.9 Å². The van der Waals surface area contributed by atoms with Gasteiger partial charge in [0.05, 0.1) is 0 Å². The molecule has 2 N–H and O–H groups in total. The van der Waals surface area contributed by atoms with Crippen LogP contribution in [-0.2, 0) is 0 Å². The molecule has 24 heavy (non-hydrogen) atoms. The highest BCUT2D eigenvalue weighted by Crippen LogP contribution is 2.48. The molecule has 0 aliphatic carbocycles. The van der Waals surface area contributed by atoms with E-state index < -0.39 is 0 Å². The van der Waals surface area contributed by atoms with Gasteiger partial charge >= 0.3 is 0 Å². The zero-order valence-electron chi connectivity index (χ0n) is 16.2. The van der Waals surface area contributed by atoms with Crippen LogP contribution in [-0.4, -0.2) is 10.2 Å². The van der Waals surface area contributed by atoms with Crippen LogP contribution in [0.4, 0.5) is 0 Å². The molecule has 0 saturated heterocycles. The molecule has 0 aromatic heterocycles. The van der Waals surface area contributed by atoms with E-state index in [2.05, 4.69) is 39.8 Å². The van der Waals surface area contributed by atoms with E-state index in [1.807, 2.05) is 27.7 Å². The molecule has 130 valence electrons. The van der Waals surface area contributed by atoms with Crippen molar-refractivity contribution >= 4 is 0 Å². The Bertz CT molecular complexity index is 716. The number of rotatable bonds is 3. The Kier molecular flexibility index (Phi) is 4.98. The smallest absolute Gasteiger partial charge is 0.127 e. The third kappa shape index (κ3) is 2.90. The molecule has 0 amide bonds. The summed E-state index contributed by atoms with van der Waals surface area (Å²) in [6.07, 6.45) is 0. The summed E-state index contributed by atoms with van der Waals surface area (Å²) < 4.78 is 0. The first-order valence-corrected chi connectivity index (χ1v) is 8.74. The molecule has 0 radical (unpaired) electrons. The second-order valence-electron chi connectivity index (χ2n) is 7.57. The van der Waals surface area contributed by atoms with Gasteiger partial charge in [-0.2, -0.15) is 0 Å². The Morgan fingerprint density at radius 2 is 0.917 bits per heavy atom. The minimum Gasteiger partial charge on any atom is -0.507 e. The molecule has 0 aliphatic rings. The molecule has 0 aliphatic heterocycles. The molecular formula is C22H30O2. The van der Waals surface area contributed by atoms with Crippen molar-refractivity contribution in [2.24, 2.45) is 0 Å². The predicted molar refractivity (Wildman–Crippen MR) is 102 cm³/mol.